The first-order valence-electron chi connectivity index (χ1n) is 14.4. The SMILES string of the molecule is CCCCCCCCCCCCCCCCCCOCC(COP(=O)([O-])OCCN(C)CC)N=[N+]=N. The minimum Gasteiger partial charge on any atom is -0.756 e. The van der Waals surface area contributed by atoms with Crippen LogP contribution < -0.4 is 9.81 Å². The van der Waals surface area contributed by atoms with Crippen LogP contribution >= 0.6 is 7.82 Å². The average Bonchev–Trinajstić information content (AvgIpc) is 2.86. The van der Waals surface area contributed by atoms with Crippen LogP contribution in [-0.2, 0) is 18.3 Å². The van der Waals surface area contributed by atoms with Crippen LogP contribution in [0.4, 0.5) is 0 Å². The van der Waals surface area contributed by atoms with Crippen molar-refractivity contribution in [1.29, 1.82) is 5.53 Å². The number of nitrogens with zero attached hydrogens (tertiary/aromatic N) is 3. The molecule has 0 fully saturated rings. The van der Waals surface area contributed by atoms with Crippen LogP contribution in [-0.4, -0.2) is 57.5 Å². The van der Waals surface area contributed by atoms with Gasteiger partial charge in [-0.25, -0.2) is 0 Å². The molecule has 0 bridgehead atoms. The number of nitrogens with one attached hydrogen (secondary N) is 1. The topological polar surface area (TPSA) is 121 Å². The second-order valence-electron chi connectivity index (χ2n) is 9.72. The summed E-state index contributed by atoms with van der Waals surface area (Å²) in [4.78, 5) is 16.8. The maximum atomic E-state index is 11.9. The minimum atomic E-state index is -4.41. The maximum absolute atomic E-state index is 11.9. The lowest BCUT2D eigenvalue weighted by atomic mass is 10.0. The lowest BCUT2D eigenvalue weighted by Gasteiger charge is -2.24. The Kier molecular flexibility index (Phi) is 25.5. The number of likely N-dealkylation sites (N-methyl/N-ethyl adjacent to an activating group) is 1. The van der Waals surface area contributed by atoms with E-state index in [4.69, 9.17) is 19.3 Å². The predicted octanol–water partition coefficient (Wildman–Crippen LogP) is 6.64. The van der Waals surface area contributed by atoms with Gasteiger partial charge in [0.15, 0.2) is 6.04 Å². The van der Waals surface area contributed by atoms with Gasteiger partial charge < -0.3 is 23.6 Å². The van der Waals surface area contributed by atoms with E-state index >= 15 is 0 Å². The summed E-state index contributed by atoms with van der Waals surface area (Å²) in [5.74, 6) is 0. The quantitative estimate of drug-likeness (QED) is 0.0520. The van der Waals surface area contributed by atoms with Crippen molar-refractivity contribution in [3.63, 3.8) is 0 Å². The maximum Gasteiger partial charge on any atom is 0.267 e. The molecule has 36 heavy (non-hydrogen) atoms. The van der Waals surface area contributed by atoms with E-state index in [0.717, 1.165) is 19.4 Å². The molecule has 10 heteroatoms. The molecule has 0 aromatic heterocycles. The summed E-state index contributed by atoms with van der Waals surface area (Å²) in [6.07, 6.45) is 21.1. The normalized spacial score (nSPS) is 14.0. The van der Waals surface area contributed by atoms with Gasteiger partial charge in [0, 0.05) is 13.2 Å². The minimum absolute atomic E-state index is 0.0332. The Morgan fingerprint density at radius 1 is 0.806 bits per heavy atom. The van der Waals surface area contributed by atoms with Crippen LogP contribution in [0.2, 0.25) is 0 Å². The number of unbranched alkanes of at least 4 members (excludes halogenated alkanes) is 15. The molecule has 0 heterocycles. The van der Waals surface area contributed by atoms with E-state index in [2.05, 4.69) is 16.9 Å². The molecule has 0 saturated heterocycles. The van der Waals surface area contributed by atoms with Gasteiger partial charge in [0.2, 0.25) is 4.91 Å². The first-order valence-corrected chi connectivity index (χ1v) is 15.8. The lowest BCUT2D eigenvalue weighted by molar-refractivity contribution is -0.226. The van der Waals surface area contributed by atoms with E-state index in [9.17, 15) is 9.46 Å². The molecular formula is C26H55N4O5P. The van der Waals surface area contributed by atoms with Crippen molar-refractivity contribution in [2.45, 2.75) is 123 Å². The highest BCUT2D eigenvalue weighted by molar-refractivity contribution is 7.45. The zero-order valence-corrected chi connectivity index (χ0v) is 24.4. The highest BCUT2D eigenvalue weighted by Crippen LogP contribution is 2.38. The molecule has 0 aliphatic carbocycles. The van der Waals surface area contributed by atoms with Crippen molar-refractivity contribution >= 4 is 7.82 Å². The molecular weight excluding hydrogens is 479 g/mol. The molecule has 0 amide bonds. The van der Waals surface area contributed by atoms with Crippen molar-refractivity contribution in [2.75, 3.05) is 46.6 Å². The molecule has 0 saturated carbocycles. The fourth-order valence-electron chi connectivity index (χ4n) is 3.85. The van der Waals surface area contributed by atoms with Gasteiger partial charge in [-0.1, -0.05) is 110 Å². The van der Waals surface area contributed by atoms with Crippen molar-refractivity contribution in [3.05, 3.63) is 0 Å². The molecule has 2 unspecified atom stereocenters. The smallest absolute Gasteiger partial charge is 0.267 e. The number of hydrogen-bond acceptors (Lipinski definition) is 8. The van der Waals surface area contributed by atoms with Crippen LogP contribution in [0.25, 0.3) is 0 Å². The first kappa shape index (κ1) is 35.3. The first-order chi connectivity index (χ1) is 17.4. The highest BCUT2D eigenvalue weighted by atomic mass is 31.2. The van der Waals surface area contributed by atoms with Crippen molar-refractivity contribution in [2.24, 2.45) is 5.11 Å². The third-order valence-electron chi connectivity index (χ3n) is 6.36. The third kappa shape index (κ3) is 25.0. The van der Waals surface area contributed by atoms with E-state index in [0.29, 0.717) is 13.2 Å². The molecule has 0 aromatic carbocycles. The molecule has 214 valence electrons. The number of phosphoric ester groups is 1. The average molecular weight is 535 g/mol. The summed E-state index contributed by atoms with van der Waals surface area (Å²) in [5.41, 5.74) is 6.92. The molecule has 0 radical (unpaired) electrons. The van der Waals surface area contributed by atoms with Crippen molar-refractivity contribution in [3.8, 4) is 0 Å². The molecule has 0 rings (SSSR count). The van der Waals surface area contributed by atoms with Crippen molar-refractivity contribution in [1.82, 2.24) is 9.81 Å². The summed E-state index contributed by atoms with van der Waals surface area (Å²) in [7, 11) is -2.53. The monoisotopic (exact) mass is 534 g/mol. The molecule has 0 aliphatic rings. The fraction of sp³-hybridized carbons (Fsp3) is 1.00. The van der Waals surface area contributed by atoms with Crippen LogP contribution in [0.5, 0.6) is 0 Å². The summed E-state index contributed by atoms with van der Waals surface area (Å²) >= 11 is 0. The van der Waals surface area contributed by atoms with Gasteiger partial charge in [0.05, 0.1) is 19.8 Å². The van der Waals surface area contributed by atoms with Crippen LogP contribution in [0, 0.1) is 5.53 Å². The Balaban J connectivity index is 3.60. The molecule has 2 atom stereocenters. The zero-order valence-electron chi connectivity index (χ0n) is 23.5. The van der Waals surface area contributed by atoms with Gasteiger partial charge in [-0.2, -0.15) is 0 Å². The Labute approximate surface area is 220 Å². The summed E-state index contributed by atoms with van der Waals surface area (Å²) < 4.78 is 27.2. The fourth-order valence-corrected chi connectivity index (χ4v) is 4.58. The third-order valence-corrected chi connectivity index (χ3v) is 7.32. The molecule has 0 aliphatic heterocycles. The molecule has 9 nitrogen and oxygen atoms in total. The lowest BCUT2D eigenvalue weighted by Crippen LogP contribution is -2.25. The van der Waals surface area contributed by atoms with Crippen LogP contribution in [0.3, 0.4) is 0 Å². The van der Waals surface area contributed by atoms with Gasteiger partial charge in [-0.15, -0.1) is 0 Å². The van der Waals surface area contributed by atoms with E-state index in [1.54, 1.807) is 0 Å². The Morgan fingerprint density at radius 2 is 1.31 bits per heavy atom. The second-order valence-corrected chi connectivity index (χ2v) is 11.1. The molecule has 0 aromatic rings. The highest BCUT2D eigenvalue weighted by Gasteiger charge is 2.18. The van der Waals surface area contributed by atoms with Gasteiger partial charge in [-0.05, 0) is 20.0 Å². The number of ether oxygens (including phenoxy) is 1. The predicted molar refractivity (Wildman–Crippen MR) is 144 cm³/mol. The van der Waals surface area contributed by atoms with Gasteiger partial charge in [0.25, 0.3) is 7.82 Å². The largest absolute Gasteiger partial charge is 0.756 e. The molecule has 1 N–H and O–H groups in total. The van der Waals surface area contributed by atoms with Gasteiger partial charge >= 0.3 is 0 Å². The van der Waals surface area contributed by atoms with Gasteiger partial charge in [-0.3, -0.25) is 4.57 Å². The Hall–Kier alpha value is -0.660. The number of rotatable bonds is 28. The van der Waals surface area contributed by atoms with E-state index in [1.807, 2.05) is 18.9 Å². The summed E-state index contributed by atoms with van der Waals surface area (Å²) in [6.45, 7) is 6.07. The number of hydrogen-bond donors (Lipinski definition) is 1. The van der Waals surface area contributed by atoms with Crippen molar-refractivity contribution < 1.29 is 23.2 Å². The summed E-state index contributed by atoms with van der Waals surface area (Å²) in [5, 5.41) is 3.68. The van der Waals surface area contributed by atoms with E-state index in [1.165, 1.54) is 89.9 Å². The number of phosphoric acid groups is 1. The van der Waals surface area contributed by atoms with Gasteiger partial charge in [0.1, 0.15) is 10.6 Å². The zero-order chi connectivity index (χ0) is 26.7. The summed E-state index contributed by atoms with van der Waals surface area (Å²) in [6, 6.07) is -0.646. The standard InChI is InChI=1S/C26H55N4O5P/c1-4-6-7-8-9-10-11-12-13-14-15-16-17-18-19-20-22-33-24-26(28-29-27)25-35-36(31,32)34-23-21-30(3)5-2/h26-27H,4-25H2,1-3H3. The van der Waals surface area contributed by atoms with E-state index in [-0.39, 0.29) is 19.8 Å². The van der Waals surface area contributed by atoms with Crippen LogP contribution in [0.15, 0.2) is 5.11 Å². The molecule has 0 spiro atoms. The Morgan fingerprint density at radius 3 is 1.78 bits per heavy atom. The Bertz CT molecular complexity index is 579. The second kappa shape index (κ2) is 26.0. The van der Waals surface area contributed by atoms with E-state index < -0.39 is 13.9 Å². The van der Waals surface area contributed by atoms with Crippen LogP contribution in [0.1, 0.15) is 117 Å².